The first-order chi connectivity index (χ1) is 16.2. The molecule has 4 aliphatic rings. The molecule has 0 fully saturated rings. The summed E-state index contributed by atoms with van der Waals surface area (Å²) in [7, 11) is 0. The van der Waals surface area contributed by atoms with Gasteiger partial charge in [-0.05, 0) is 67.1 Å². The highest BCUT2D eigenvalue weighted by Crippen LogP contribution is 2.33. The van der Waals surface area contributed by atoms with E-state index < -0.39 is 5.97 Å². The Morgan fingerprint density at radius 3 is 3.00 bits per heavy atom. The monoisotopic (exact) mass is 445 g/mol. The second-order valence-corrected chi connectivity index (χ2v) is 10.1. The number of unbranched alkanes of at least 4 members (excludes halogenated alkanes) is 1. The number of aromatic nitrogens is 1. The van der Waals surface area contributed by atoms with Crippen molar-refractivity contribution >= 4 is 18.0 Å². The van der Waals surface area contributed by atoms with E-state index in [-0.39, 0.29) is 24.3 Å². The largest absolute Gasteiger partial charge is 0.481 e. The molecule has 0 saturated heterocycles. The summed E-state index contributed by atoms with van der Waals surface area (Å²) in [6.07, 6.45) is 22.9. The molecule has 0 spiro atoms. The zero-order valence-electron chi connectivity index (χ0n) is 19.4. The molecule has 0 radical (unpaired) electrons. The molecule has 5 heteroatoms. The highest BCUT2D eigenvalue weighted by molar-refractivity contribution is 5.82. The molecule has 1 aromatic heterocycles. The molecule has 3 heterocycles. The number of anilines is 1. The normalized spacial score (nSPS) is 25.9. The maximum absolute atomic E-state index is 11.5. The number of hydrogen-bond acceptors (Lipinski definition) is 4. The summed E-state index contributed by atoms with van der Waals surface area (Å²) in [6.45, 7) is 1.04. The van der Waals surface area contributed by atoms with Crippen molar-refractivity contribution in [2.45, 2.75) is 70.3 Å². The molecule has 0 bridgehead atoms. The minimum atomic E-state index is -0.720. The molecule has 4 atom stereocenters. The van der Waals surface area contributed by atoms with Crippen LogP contribution in [0.5, 0.6) is 0 Å². The Morgan fingerprint density at radius 1 is 1.18 bits per heavy atom. The molecule has 33 heavy (non-hydrogen) atoms. The number of aliphatic carboxylic acids is 1. The Hall–Kier alpha value is -2.69. The average molecular weight is 446 g/mol. The number of nitrogens with zero attached hydrogens (tertiary/aromatic N) is 2. The number of hydrogen-bond donors (Lipinski definition) is 2. The summed E-state index contributed by atoms with van der Waals surface area (Å²) >= 11 is 0. The molecule has 174 valence electrons. The van der Waals surface area contributed by atoms with Crippen LogP contribution in [0, 0.1) is 17.8 Å². The van der Waals surface area contributed by atoms with Gasteiger partial charge in [0.1, 0.15) is 5.82 Å². The first kappa shape index (κ1) is 22.1. The van der Waals surface area contributed by atoms with E-state index in [0.717, 1.165) is 56.5 Å². The molecule has 1 aromatic rings. The van der Waals surface area contributed by atoms with Crippen molar-refractivity contribution in [3.8, 4) is 0 Å². The molecule has 4 unspecified atom stereocenters. The molecule has 5 rings (SSSR count). The van der Waals surface area contributed by atoms with Crippen molar-refractivity contribution in [3.63, 3.8) is 0 Å². The molecule has 5 nitrogen and oxygen atoms in total. The minimum absolute atomic E-state index is 0.0536. The second kappa shape index (κ2) is 10.1. The predicted molar refractivity (Wildman–Crippen MR) is 133 cm³/mol. The summed E-state index contributed by atoms with van der Waals surface area (Å²) in [4.78, 5) is 21.2. The summed E-state index contributed by atoms with van der Waals surface area (Å²) < 4.78 is 0. The third-order valence-corrected chi connectivity index (χ3v) is 7.72. The minimum Gasteiger partial charge on any atom is -0.481 e. The smallest absolute Gasteiger partial charge is 0.303 e. The second-order valence-electron chi connectivity index (χ2n) is 10.1. The van der Waals surface area contributed by atoms with E-state index in [9.17, 15) is 9.90 Å². The topological polar surface area (TPSA) is 74.6 Å². The standard InChI is InChI=1S/C28H35N3O2/c32-27(33)17-20(24-16-21-8-3-4-10-25(21)30-18-24)7-2-1-6-19-11-12-22-15-23-9-5-13-29-28(23)31-26(22)14-19/h3-4,8,10,15-16,18-21,25H,1-2,5-7,9,11-14,17H2,(H,29,31)(H,32,33). The molecule has 0 amide bonds. The van der Waals surface area contributed by atoms with Crippen LogP contribution in [0.4, 0.5) is 5.82 Å². The van der Waals surface area contributed by atoms with E-state index in [1.807, 2.05) is 12.3 Å². The number of aliphatic imine (C=N–C) groups is 1. The first-order valence-electron chi connectivity index (χ1n) is 12.7. The number of rotatable bonds is 8. The van der Waals surface area contributed by atoms with Crippen molar-refractivity contribution in [1.29, 1.82) is 0 Å². The van der Waals surface area contributed by atoms with Gasteiger partial charge in [0.15, 0.2) is 0 Å². The molecule has 2 aliphatic carbocycles. The van der Waals surface area contributed by atoms with E-state index in [4.69, 9.17) is 4.98 Å². The van der Waals surface area contributed by atoms with Gasteiger partial charge in [-0.2, -0.15) is 0 Å². The summed E-state index contributed by atoms with van der Waals surface area (Å²) in [5, 5.41) is 12.9. The van der Waals surface area contributed by atoms with Crippen LogP contribution in [0.2, 0.25) is 0 Å². The lowest BCUT2D eigenvalue weighted by atomic mass is 9.81. The van der Waals surface area contributed by atoms with Gasteiger partial charge < -0.3 is 10.4 Å². The number of pyridine rings is 1. The Morgan fingerprint density at radius 2 is 2.09 bits per heavy atom. The van der Waals surface area contributed by atoms with Crippen LogP contribution >= 0.6 is 0 Å². The van der Waals surface area contributed by atoms with Gasteiger partial charge in [-0.15, -0.1) is 0 Å². The van der Waals surface area contributed by atoms with E-state index in [2.05, 4.69) is 40.7 Å². The van der Waals surface area contributed by atoms with Gasteiger partial charge in [0.2, 0.25) is 0 Å². The number of fused-ring (bicyclic) bond motifs is 3. The van der Waals surface area contributed by atoms with E-state index in [1.165, 1.54) is 36.1 Å². The van der Waals surface area contributed by atoms with Crippen molar-refractivity contribution < 1.29 is 9.90 Å². The molecule has 2 aliphatic heterocycles. The summed E-state index contributed by atoms with van der Waals surface area (Å²) in [6, 6.07) is 2.57. The average Bonchev–Trinajstić information content (AvgIpc) is 2.84. The Kier molecular flexibility index (Phi) is 6.75. The van der Waals surface area contributed by atoms with Crippen molar-refractivity contribution in [3.05, 3.63) is 58.8 Å². The number of allylic oxidation sites excluding steroid dienone is 3. The van der Waals surface area contributed by atoms with Crippen LogP contribution in [0.1, 0.15) is 61.8 Å². The summed E-state index contributed by atoms with van der Waals surface area (Å²) in [5.41, 5.74) is 5.26. The van der Waals surface area contributed by atoms with Crippen LogP contribution in [0.15, 0.2) is 47.0 Å². The number of nitrogens with one attached hydrogen (secondary N) is 1. The third kappa shape index (κ3) is 5.29. The van der Waals surface area contributed by atoms with E-state index >= 15 is 0 Å². The van der Waals surface area contributed by atoms with Crippen molar-refractivity contribution in [2.75, 3.05) is 11.9 Å². The van der Waals surface area contributed by atoms with Crippen LogP contribution in [-0.2, 0) is 24.1 Å². The third-order valence-electron chi connectivity index (χ3n) is 7.72. The fraction of sp³-hybridized carbons (Fsp3) is 0.536. The van der Waals surface area contributed by atoms with E-state index in [1.54, 1.807) is 0 Å². The van der Waals surface area contributed by atoms with Gasteiger partial charge in [0, 0.05) is 24.4 Å². The van der Waals surface area contributed by atoms with Crippen LogP contribution in [-0.4, -0.2) is 34.9 Å². The number of aryl methyl sites for hydroxylation is 2. The zero-order valence-corrected chi connectivity index (χ0v) is 19.4. The fourth-order valence-corrected chi connectivity index (χ4v) is 5.86. The lowest BCUT2D eigenvalue weighted by Gasteiger charge is -2.27. The molecular formula is C28H35N3O2. The van der Waals surface area contributed by atoms with Gasteiger partial charge in [-0.1, -0.05) is 55.7 Å². The maximum atomic E-state index is 11.5. The highest BCUT2D eigenvalue weighted by atomic mass is 16.4. The van der Waals surface area contributed by atoms with Crippen molar-refractivity contribution in [1.82, 2.24) is 4.98 Å². The van der Waals surface area contributed by atoms with Gasteiger partial charge in [0.25, 0.3) is 0 Å². The Bertz CT molecular complexity index is 1010. The predicted octanol–water partition coefficient (Wildman–Crippen LogP) is 5.32. The molecular weight excluding hydrogens is 410 g/mol. The van der Waals surface area contributed by atoms with Gasteiger partial charge >= 0.3 is 5.97 Å². The Balaban J connectivity index is 1.14. The van der Waals surface area contributed by atoms with E-state index in [0.29, 0.717) is 5.92 Å². The van der Waals surface area contributed by atoms with Crippen LogP contribution in [0.25, 0.3) is 0 Å². The van der Waals surface area contributed by atoms with Crippen molar-refractivity contribution in [2.24, 2.45) is 22.7 Å². The number of carboxylic acid groups (broad SMARTS) is 1. The maximum Gasteiger partial charge on any atom is 0.303 e. The lowest BCUT2D eigenvalue weighted by Crippen LogP contribution is -2.22. The number of dihydropyridines is 1. The molecule has 0 aromatic carbocycles. The van der Waals surface area contributed by atoms with Crippen LogP contribution in [0.3, 0.4) is 0 Å². The molecule has 2 N–H and O–H groups in total. The zero-order chi connectivity index (χ0) is 22.6. The first-order valence-corrected chi connectivity index (χ1v) is 12.7. The quantitative estimate of drug-likeness (QED) is 0.531. The van der Waals surface area contributed by atoms with Gasteiger partial charge in [0.05, 0.1) is 12.5 Å². The lowest BCUT2D eigenvalue weighted by molar-refractivity contribution is -0.137. The van der Waals surface area contributed by atoms with Crippen LogP contribution < -0.4 is 5.32 Å². The van der Waals surface area contributed by atoms with Gasteiger partial charge in [-0.25, -0.2) is 4.98 Å². The SMILES string of the molecule is O=C(O)CC(CCCCC1CCc2cc3c(nc2C1)NCCC3)C1=CC2C=CC=CC2N=C1. The Labute approximate surface area is 196 Å². The summed E-state index contributed by atoms with van der Waals surface area (Å²) in [5.74, 6) is 1.41. The highest BCUT2D eigenvalue weighted by Gasteiger charge is 2.25. The number of carboxylic acids is 1. The fourth-order valence-electron chi connectivity index (χ4n) is 5.86. The number of carbonyl (C=O) groups is 1. The molecule has 0 saturated carbocycles. The van der Waals surface area contributed by atoms with Gasteiger partial charge in [-0.3, -0.25) is 9.79 Å².